The summed E-state index contributed by atoms with van der Waals surface area (Å²) in [5.41, 5.74) is 5.01. The molecule has 0 atom stereocenters. The number of rotatable bonds is 3. The first-order chi connectivity index (χ1) is 11.4. The van der Waals surface area contributed by atoms with Gasteiger partial charge < -0.3 is 15.2 Å². The fourth-order valence-electron chi connectivity index (χ4n) is 2.95. The lowest BCUT2D eigenvalue weighted by Crippen LogP contribution is -2.43. The summed E-state index contributed by atoms with van der Waals surface area (Å²) in [6.07, 6.45) is 7.96. The zero-order valence-electron chi connectivity index (χ0n) is 12.7. The molecule has 0 bridgehead atoms. The van der Waals surface area contributed by atoms with E-state index in [1.807, 2.05) is 6.07 Å². The standard InChI is InChI=1S/C17H17N6/c1-2-4-16(23-7-5-18-6-8-23)13(3-1)17-14(9-19-12-22-17)15-10-20-11-21-15/h1-4,9-11,18H,5-8H2,(H,20,21). The van der Waals surface area contributed by atoms with E-state index in [-0.39, 0.29) is 0 Å². The Kier molecular flexibility index (Phi) is 3.73. The zero-order valence-corrected chi connectivity index (χ0v) is 12.7. The van der Waals surface area contributed by atoms with E-state index in [2.05, 4.69) is 54.7 Å². The number of aromatic amines is 1. The van der Waals surface area contributed by atoms with Crippen LogP contribution in [0.1, 0.15) is 0 Å². The summed E-state index contributed by atoms with van der Waals surface area (Å²) >= 11 is 0. The first-order valence-corrected chi connectivity index (χ1v) is 7.70. The molecule has 4 rings (SSSR count). The lowest BCUT2D eigenvalue weighted by Gasteiger charge is -2.31. The van der Waals surface area contributed by atoms with E-state index in [0.717, 1.165) is 48.7 Å². The first kappa shape index (κ1) is 13.9. The second kappa shape index (κ2) is 6.18. The molecule has 1 aliphatic rings. The summed E-state index contributed by atoms with van der Waals surface area (Å²) in [5.74, 6) is 0. The van der Waals surface area contributed by atoms with Crippen molar-refractivity contribution in [1.29, 1.82) is 0 Å². The van der Waals surface area contributed by atoms with Crippen LogP contribution >= 0.6 is 0 Å². The molecule has 1 aromatic carbocycles. The summed E-state index contributed by atoms with van der Waals surface area (Å²) in [4.78, 5) is 18.1. The highest BCUT2D eigenvalue weighted by Gasteiger charge is 2.18. The number of hydrogen-bond donors (Lipinski definition) is 2. The van der Waals surface area contributed by atoms with Gasteiger partial charge in [0, 0.05) is 49.2 Å². The van der Waals surface area contributed by atoms with Crippen LogP contribution in [0.25, 0.3) is 22.5 Å². The SMILES string of the molecule is [c]1ncc(-c2cnc[nH]2)c(-c2ccccc2N2CCNCC2)n1. The molecule has 23 heavy (non-hydrogen) atoms. The van der Waals surface area contributed by atoms with Crippen LogP contribution in [0.15, 0.2) is 43.0 Å². The third-order valence-electron chi connectivity index (χ3n) is 4.07. The maximum absolute atomic E-state index is 4.43. The summed E-state index contributed by atoms with van der Waals surface area (Å²) < 4.78 is 0. The predicted molar refractivity (Wildman–Crippen MR) is 89.0 cm³/mol. The Bertz CT molecular complexity index is 777. The van der Waals surface area contributed by atoms with Crippen LogP contribution in [0, 0.1) is 6.33 Å². The Hall–Kier alpha value is -2.73. The second-order valence-electron chi connectivity index (χ2n) is 5.45. The minimum atomic E-state index is 0.874. The fourth-order valence-corrected chi connectivity index (χ4v) is 2.95. The van der Waals surface area contributed by atoms with E-state index in [0.29, 0.717) is 0 Å². The lowest BCUT2D eigenvalue weighted by molar-refractivity contribution is 0.589. The molecule has 0 spiro atoms. The van der Waals surface area contributed by atoms with Crippen LogP contribution in [-0.4, -0.2) is 46.1 Å². The van der Waals surface area contributed by atoms with Gasteiger partial charge in [-0.25, -0.2) is 15.0 Å². The molecule has 1 aliphatic heterocycles. The molecule has 1 fully saturated rings. The van der Waals surface area contributed by atoms with E-state index in [9.17, 15) is 0 Å². The summed E-state index contributed by atoms with van der Waals surface area (Å²) in [6.45, 7) is 3.98. The molecular formula is C17H17N6. The molecule has 0 amide bonds. The van der Waals surface area contributed by atoms with Gasteiger partial charge in [0.2, 0.25) is 0 Å². The highest BCUT2D eigenvalue weighted by Crippen LogP contribution is 2.34. The van der Waals surface area contributed by atoms with Gasteiger partial charge in [-0.2, -0.15) is 0 Å². The van der Waals surface area contributed by atoms with Crippen molar-refractivity contribution < 1.29 is 0 Å². The van der Waals surface area contributed by atoms with E-state index < -0.39 is 0 Å². The van der Waals surface area contributed by atoms with Crippen LogP contribution < -0.4 is 10.2 Å². The topological polar surface area (TPSA) is 69.7 Å². The number of hydrogen-bond acceptors (Lipinski definition) is 5. The Morgan fingerprint density at radius 1 is 1.04 bits per heavy atom. The molecular weight excluding hydrogens is 288 g/mol. The van der Waals surface area contributed by atoms with Crippen LogP contribution in [0.4, 0.5) is 5.69 Å². The Balaban J connectivity index is 1.83. The van der Waals surface area contributed by atoms with Gasteiger partial charge in [0.1, 0.15) is 0 Å². The van der Waals surface area contributed by atoms with Crippen molar-refractivity contribution in [2.75, 3.05) is 31.1 Å². The number of para-hydroxylation sites is 1. The lowest BCUT2D eigenvalue weighted by atomic mass is 10.0. The molecule has 2 N–H and O–H groups in total. The van der Waals surface area contributed by atoms with Gasteiger partial charge in [-0.05, 0) is 6.07 Å². The summed E-state index contributed by atoms with van der Waals surface area (Å²) in [6, 6.07) is 8.37. The predicted octanol–water partition coefficient (Wildman–Crippen LogP) is 1.74. The van der Waals surface area contributed by atoms with E-state index in [1.54, 1.807) is 18.7 Å². The van der Waals surface area contributed by atoms with Gasteiger partial charge in [-0.3, -0.25) is 0 Å². The van der Waals surface area contributed by atoms with Gasteiger partial charge >= 0.3 is 0 Å². The molecule has 0 saturated carbocycles. The number of imidazole rings is 1. The maximum Gasteiger partial charge on any atom is 0.198 e. The Morgan fingerprint density at radius 2 is 1.91 bits per heavy atom. The normalized spacial score (nSPS) is 14.9. The van der Waals surface area contributed by atoms with Crippen molar-refractivity contribution >= 4 is 5.69 Å². The minimum Gasteiger partial charge on any atom is -0.368 e. The molecule has 3 aromatic rings. The number of nitrogens with one attached hydrogen (secondary N) is 2. The van der Waals surface area contributed by atoms with E-state index >= 15 is 0 Å². The van der Waals surface area contributed by atoms with Crippen molar-refractivity contribution in [2.24, 2.45) is 0 Å². The largest absolute Gasteiger partial charge is 0.368 e. The second-order valence-corrected chi connectivity index (χ2v) is 5.45. The summed E-state index contributed by atoms with van der Waals surface area (Å²) in [7, 11) is 0. The number of piperazine rings is 1. The average molecular weight is 305 g/mol. The van der Waals surface area contributed by atoms with Crippen LogP contribution in [-0.2, 0) is 0 Å². The molecule has 2 aromatic heterocycles. The smallest absolute Gasteiger partial charge is 0.198 e. The van der Waals surface area contributed by atoms with Gasteiger partial charge in [-0.1, -0.05) is 18.2 Å². The van der Waals surface area contributed by atoms with Crippen molar-refractivity contribution in [3.05, 3.63) is 49.3 Å². The third kappa shape index (κ3) is 2.68. The number of benzene rings is 1. The molecule has 0 unspecified atom stereocenters. The minimum absolute atomic E-state index is 0.874. The zero-order chi connectivity index (χ0) is 15.5. The van der Waals surface area contributed by atoms with E-state index in [4.69, 9.17) is 0 Å². The van der Waals surface area contributed by atoms with Crippen molar-refractivity contribution in [3.8, 4) is 22.5 Å². The van der Waals surface area contributed by atoms with Crippen molar-refractivity contribution in [1.82, 2.24) is 25.3 Å². The summed E-state index contributed by atoms with van der Waals surface area (Å²) in [5, 5.41) is 3.39. The Labute approximate surface area is 134 Å². The van der Waals surface area contributed by atoms with Crippen LogP contribution in [0.5, 0.6) is 0 Å². The fraction of sp³-hybridized carbons (Fsp3) is 0.235. The number of aromatic nitrogens is 4. The average Bonchev–Trinajstić information content (AvgIpc) is 3.17. The van der Waals surface area contributed by atoms with Crippen LogP contribution in [0.2, 0.25) is 0 Å². The molecule has 115 valence electrons. The van der Waals surface area contributed by atoms with Gasteiger partial charge in [0.05, 0.1) is 23.9 Å². The van der Waals surface area contributed by atoms with Crippen molar-refractivity contribution in [2.45, 2.75) is 0 Å². The quantitative estimate of drug-likeness (QED) is 0.771. The monoisotopic (exact) mass is 305 g/mol. The molecule has 3 heterocycles. The maximum atomic E-state index is 4.43. The molecule has 6 nitrogen and oxygen atoms in total. The van der Waals surface area contributed by atoms with Gasteiger partial charge in [-0.15, -0.1) is 0 Å². The van der Waals surface area contributed by atoms with Gasteiger partial charge in [0.25, 0.3) is 0 Å². The molecule has 1 saturated heterocycles. The number of nitrogens with zero attached hydrogens (tertiary/aromatic N) is 4. The first-order valence-electron chi connectivity index (χ1n) is 7.70. The molecule has 6 heteroatoms. The van der Waals surface area contributed by atoms with Gasteiger partial charge in [0.15, 0.2) is 6.33 Å². The van der Waals surface area contributed by atoms with Crippen molar-refractivity contribution in [3.63, 3.8) is 0 Å². The highest BCUT2D eigenvalue weighted by atomic mass is 15.2. The number of H-pyrrole nitrogens is 1. The Morgan fingerprint density at radius 3 is 2.74 bits per heavy atom. The number of anilines is 1. The molecule has 0 aliphatic carbocycles. The van der Waals surface area contributed by atoms with E-state index in [1.165, 1.54) is 5.69 Å². The molecule has 1 radical (unpaired) electrons. The van der Waals surface area contributed by atoms with Crippen LogP contribution in [0.3, 0.4) is 0 Å². The highest BCUT2D eigenvalue weighted by molar-refractivity contribution is 5.85. The third-order valence-corrected chi connectivity index (χ3v) is 4.07.